The van der Waals surface area contributed by atoms with Crippen LogP contribution in [0.25, 0.3) is 0 Å². The predicted octanol–water partition coefficient (Wildman–Crippen LogP) is 3.25. The zero-order chi connectivity index (χ0) is 16.7. The Hall–Kier alpha value is -1.55. The summed E-state index contributed by atoms with van der Waals surface area (Å²) in [6, 6.07) is 7.86. The first-order valence-electron chi connectivity index (χ1n) is 8.60. The number of hydrogen-bond acceptors (Lipinski definition) is 3. The van der Waals surface area contributed by atoms with Gasteiger partial charge in [-0.15, -0.1) is 0 Å². The Balaban J connectivity index is 1.83. The summed E-state index contributed by atoms with van der Waals surface area (Å²) >= 11 is 0. The van der Waals surface area contributed by atoms with E-state index < -0.39 is 0 Å². The Morgan fingerprint density at radius 2 is 1.91 bits per heavy atom. The van der Waals surface area contributed by atoms with Gasteiger partial charge in [-0.25, -0.2) is 0 Å². The number of benzene rings is 1. The van der Waals surface area contributed by atoms with E-state index in [1.807, 2.05) is 24.3 Å². The van der Waals surface area contributed by atoms with Gasteiger partial charge >= 0.3 is 0 Å². The van der Waals surface area contributed by atoms with Crippen LogP contribution in [0.3, 0.4) is 0 Å². The Bertz CT molecular complexity index is 492. The second kappa shape index (κ2) is 8.34. The number of methoxy groups -OCH3 is 1. The van der Waals surface area contributed by atoms with Crippen LogP contribution in [0, 0.1) is 5.41 Å². The third kappa shape index (κ3) is 4.96. The molecule has 128 valence electrons. The highest BCUT2D eigenvalue weighted by Crippen LogP contribution is 2.35. The molecular weight excluding hydrogens is 290 g/mol. The fraction of sp³-hybridized carbons (Fsp3) is 0.632. The summed E-state index contributed by atoms with van der Waals surface area (Å²) in [6.45, 7) is 2.82. The maximum atomic E-state index is 12.2. The van der Waals surface area contributed by atoms with E-state index in [1.54, 1.807) is 7.11 Å². The van der Waals surface area contributed by atoms with Gasteiger partial charge in [-0.1, -0.05) is 38.3 Å². The minimum absolute atomic E-state index is 0.0618. The average Bonchev–Trinajstić information content (AvgIpc) is 2.61. The molecule has 0 aliphatic heterocycles. The van der Waals surface area contributed by atoms with E-state index in [0.717, 1.165) is 37.0 Å². The van der Waals surface area contributed by atoms with Gasteiger partial charge in [0, 0.05) is 18.4 Å². The van der Waals surface area contributed by atoms with E-state index in [-0.39, 0.29) is 23.8 Å². The van der Waals surface area contributed by atoms with Crippen LogP contribution in [0.5, 0.6) is 5.75 Å². The van der Waals surface area contributed by atoms with Gasteiger partial charge < -0.3 is 15.2 Å². The molecule has 0 saturated heterocycles. The van der Waals surface area contributed by atoms with Crippen molar-refractivity contribution in [1.82, 2.24) is 5.32 Å². The molecule has 4 nitrogen and oxygen atoms in total. The first-order valence-corrected chi connectivity index (χ1v) is 8.60. The van der Waals surface area contributed by atoms with Crippen molar-refractivity contribution in [3.8, 4) is 5.75 Å². The van der Waals surface area contributed by atoms with E-state index in [9.17, 15) is 9.90 Å². The van der Waals surface area contributed by atoms with Gasteiger partial charge in [0.15, 0.2) is 0 Å². The van der Waals surface area contributed by atoms with Crippen molar-refractivity contribution in [2.45, 2.75) is 51.4 Å². The molecule has 0 radical (unpaired) electrons. The van der Waals surface area contributed by atoms with Crippen LogP contribution >= 0.6 is 0 Å². The molecule has 1 amide bonds. The molecule has 0 heterocycles. The van der Waals surface area contributed by atoms with Crippen molar-refractivity contribution in [3.63, 3.8) is 0 Å². The molecule has 1 unspecified atom stereocenters. The Morgan fingerprint density at radius 1 is 1.26 bits per heavy atom. The standard InChI is InChI=1S/C19H29NO3/c1-15(16-6-8-17(23-2)9-7-16)12-18(22)20-13-19(14-21)10-4-3-5-11-19/h6-9,15,21H,3-5,10-14H2,1-2H3,(H,20,22). The van der Waals surface area contributed by atoms with Crippen molar-refractivity contribution in [2.75, 3.05) is 20.3 Å². The van der Waals surface area contributed by atoms with Crippen molar-refractivity contribution in [1.29, 1.82) is 0 Å². The fourth-order valence-corrected chi connectivity index (χ4v) is 3.38. The topological polar surface area (TPSA) is 58.6 Å². The summed E-state index contributed by atoms with van der Waals surface area (Å²) in [6.07, 6.45) is 6.03. The van der Waals surface area contributed by atoms with Crippen LogP contribution in [0.1, 0.15) is 56.9 Å². The third-order valence-corrected chi connectivity index (χ3v) is 5.09. The number of ether oxygens (including phenoxy) is 1. The zero-order valence-electron chi connectivity index (χ0n) is 14.3. The molecule has 0 bridgehead atoms. The monoisotopic (exact) mass is 319 g/mol. The van der Waals surface area contributed by atoms with Gasteiger partial charge in [0.1, 0.15) is 5.75 Å². The van der Waals surface area contributed by atoms with Gasteiger partial charge in [0.2, 0.25) is 5.91 Å². The molecule has 4 heteroatoms. The number of hydrogen-bond donors (Lipinski definition) is 2. The molecule has 1 saturated carbocycles. The lowest BCUT2D eigenvalue weighted by molar-refractivity contribution is -0.122. The van der Waals surface area contributed by atoms with Crippen molar-refractivity contribution in [2.24, 2.45) is 5.41 Å². The Kier molecular flexibility index (Phi) is 6.46. The first-order chi connectivity index (χ1) is 11.1. The SMILES string of the molecule is COc1ccc(C(C)CC(=O)NCC2(CO)CCCCC2)cc1. The lowest BCUT2D eigenvalue weighted by atomic mass is 9.74. The molecule has 0 aromatic heterocycles. The number of aliphatic hydroxyl groups is 1. The van der Waals surface area contributed by atoms with Crippen LogP contribution < -0.4 is 10.1 Å². The van der Waals surface area contributed by atoms with Gasteiger partial charge in [-0.3, -0.25) is 4.79 Å². The molecule has 1 aromatic rings. The second-order valence-corrected chi connectivity index (χ2v) is 6.87. The highest BCUT2D eigenvalue weighted by Gasteiger charge is 2.31. The lowest BCUT2D eigenvalue weighted by Gasteiger charge is -2.35. The smallest absolute Gasteiger partial charge is 0.220 e. The highest BCUT2D eigenvalue weighted by molar-refractivity contribution is 5.76. The van der Waals surface area contributed by atoms with Crippen molar-refractivity contribution < 1.29 is 14.6 Å². The Labute approximate surface area is 139 Å². The maximum absolute atomic E-state index is 12.2. The van der Waals surface area contributed by atoms with E-state index >= 15 is 0 Å². The molecule has 2 N–H and O–H groups in total. The minimum Gasteiger partial charge on any atom is -0.497 e. The zero-order valence-corrected chi connectivity index (χ0v) is 14.3. The van der Waals surface area contributed by atoms with Crippen molar-refractivity contribution >= 4 is 5.91 Å². The highest BCUT2D eigenvalue weighted by atomic mass is 16.5. The van der Waals surface area contributed by atoms with Crippen LogP contribution in [0.15, 0.2) is 24.3 Å². The van der Waals surface area contributed by atoms with Gasteiger partial charge in [-0.2, -0.15) is 0 Å². The molecular formula is C19H29NO3. The van der Waals surface area contributed by atoms with Crippen LogP contribution in [-0.4, -0.2) is 31.3 Å². The minimum atomic E-state index is -0.0999. The maximum Gasteiger partial charge on any atom is 0.220 e. The predicted molar refractivity (Wildman–Crippen MR) is 91.6 cm³/mol. The second-order valence-electron chi connectivity index (χ2n) is 6.87. The summed E-state index contributed by atoms with van der Waals surface area (Å²) in [5, 5.41) is 12.7. The molecule has 1 fully saturated rings. The van der Waals surface area contributed by atoms with Crippen molar-refractivity contribution in [3.05, 3.63) is 29.8 Å². The van der Waals surface area contributed by atoms with Gasteiger partial charge in [-0.05, 0) is 36.5 Å². The van der Waals surface area contributed by atoms with E-state index in [4.69, 9.17) is 4.74 Å². The summed E-state index contributed by atoms with van der Waals surface area (Å²) in [5.41, 5.74) is 1.03. The molecule has 1 aliphatic rings. The molecule has 2 rings (SSSR count). The number of rotatable bonds is 7. The molecule has 1 aromatic carbocycles. The third-order valence-electron chi connectivity index (χ3n) is 5.09. The number of nitrogens with one attached hydrogen (secondary N) is 1. The van der Waals surface area contributed by atoms with Crippen LogP contribution in [-0.2, 0) is 4.79 Å². The molecule has 1 aliphatic carbocycles. The van der Waals surface area contributed by atoms with Gasteiger partial charge in [0.25, 0.3) is 0 Å². The number of carbonyl (C=O) groups excluding carboxylic acids is 1. The lowest BCUT2D eigenvalue weighted by Crippen LogP contribution is -2.41. The van der Waals surface area contributed by atoms with Crippen LogP contribution in [0.2, 0.25) is 0 Å². The molecule has 0 spiro atoms. The molecule has 23 heavy (non-hydrogen) atoms. The number of amides is 1. The normalized spacial score (nSPS) is 18.2. The largest absolute Gasteiger partial charge is 0.497 e. The van der Waals surface area contributed by atoms with E-state index in [1.165, 1.54) is 6.42 Å². The summed E-state index contributed by atoms with van der Waals surface area (Å²) in [7, 11) is 1.65. The molecule has 1 atom stereocenters. The quantitative estimate of drug-likeness (QED) is 0.811. The van der Waals surface area contributed by atoms with E-state index in [0.29, 0.717) is 13.0 Å². The average molecular weight is 319 g/mol. The first kappa shape index (κ1) is 17.8. The number of carbonyl (C=O) groups is 1. The summed E-state index contributed by atoms with van der Waals surface area (Å²) in [5.74, 6) is 1.05. The summed E-state index contributed by atoms with van der Waals surface area (Å²) in [4.78, 5) is 12.2. The fourth-order valence-electron chi connectivity index (χ4n) is 3.38. The Morgan fingerprint density at radius 3 is 2.48 bits per heavy atom. The summed E-state index contributed by atoms with van der Waals surface area (Å²) < 4.78 is 5.16. The number of aliphatic hydroxyl groups excluding tert-OH is 1. The van der Waals surface area contributed by atoms with Crippen LogP contribution in [0.4, 0.5) is 0 Å². The van der Waals surface area contributed by atoms with E-state index in [2.05, 4.69) is 12.2 Å². The van der Waals surface area contributed by atoms with Gasteiger partial charge in [0.05, 0.1) is 13.7 Å².